The van der Waals surface area contributed by atoms with Gasteiger partial charge in [0.25, 0.3) is 5.56 Å². The zero-order valence-corrected chi connectivity index (χ0v) is 17.9. The summed E-state index contributed by atoms with van der Waals surface area (Å²) in [7, 11) is 1.63. The summed E-state index contributed by atoms with van der Waals surface area (Å²) in [6.07, 6.45) is 0.860. The van der Waals surface area contributed by atoms with Crippen molar-refractivity contribution in [1.82, 2.24) is 9.55 Å². The minimum Gasteiger partial charge on any atom is -0.497 e. The predicted molar refractivity (Wildman–Crippen MR) is 121 cm³/mol. The second-order valence-electron chi connectivity index (χ2n) is 7.22. The van der Waals surface area contributed by atoms with Crippen molar-refractivity contribution in [3.8, 4) is 5.75 Å². The molecule has 0 aliphatic rings. The van der Waals surface area contributed by atoms with Gasteiger partial charge in [0.2, 0.25) is 5.95 Å². The summed E-state index contributed by atoms with van der Waals surface area (Å²) in [6, 6.07) is 15.0. The van der Waals surface area contributed by atoms with Gasteiger partial charge in [0.05, 0.1) is 29.8 Å². The molecule has 0 saturated heterocycles. The van der Waals surface area contributed by atoms with Gasteiger partial charge in [-0.1, -0.05) is 12.1 Å². The molecule has 1 heterocycles. The topological polar surface area (TPSA) is 77.7 Å². The summed E-state index contributed by atoms with van der Waals surface area (Å²) in [5, 5.41) is 5.04. The lowest BCUT2D eigenvalue weighted by atomic mass is 10.1. The summed E-state index contributed by atoms with van der Waals surface area (Å²) in [6.45, 7) is 6.95. The third-order valence-corrected chi connectivity index (χ3v) is 4.67. The molecule has 0 atom stereocenters. The molecule has 0 saturated carbocycles. The molecule has 0 aliphatic heterocycles. The number of benzene rings is 2. The molecule has 0 spiro atoms. The van der Waals surface area contributed by atoms with E-state index in [2.05, 4.69) is 15.5 Å². The van der Waals surface area contributed by atoms with Crippen LogP contribution in [0, 0.1) is 0 Å². The van der Waals surface area contributed by atoms with E-state index in [0.29, 0.717) is 36.4 Å². The average molecular weight is 409 g/mol. The highest BCUT2D eigenvalue weighted by molar-refractivity contribution is 5.99. The Hall–Kier alpha value is -3.19. The average Bonchev–Trinajstić information content (AvgIpc) is 2.76. The Bertz CT molecular complexity index is 1070. The Labute approximate surface area is 176 Å². The quantitative estimate of drug-likeness (QED) is 0.328. The molecule has 0 fully saturated rings. The van der Waals surface area contributed by atoms with Gasteiger partial charge in [-0.05, 0) is 69.2 Å². The zero-order valence-electron chi connectivity index (χ0n) is 17.9. The van der Waals surface area contributed by atoms with Crippen LogP contribution in [0.15, 0.2) is 58.4 Å². The lowest BCUT2D eigenvalue weighted by Crippen LogP contribution is -2.25. The van der Waals surface area contributed by atoms with Crippen LogP contribution in [0.5, 0.6) is 5.75 Å². The first kappa shape index (κ1) is 21.5. The fourth-order valence-corrected chi connectivity index (χ4v) is 3.03. The zero-order chi connectivity index (χ0) is 21.5. The Balaban J connectivity index is 1.88. The fraction of sp³-hybridized carbons (Fsp3) is 0.348. The number of fused-ring (bicyclic) bond motifs is 1. The maximum atomic E-state index is 13.0. The highest BCUT2D eigenvalue weighted by atomic mass is 16.5. The number of para-hydroxylation sites is 1. The van der Waals surface area contributed by atoms with Crippen molar-refractivity contribution in [2.75, 3.05) is 19.1 Å². The third-order valence-electron chi connectivity index (χ3n) is 4.67. The highest BCUT2D eigenvalue weighted by Gasteiger charge is 2.11. The molecule has 30 heavy (non-hydrogen) atoms. The molecule has 0 amide bonds. The maximum Gasteiger partial charge on any atom is 0.262 e. The molecule has 7 nitrogen and oxygen atoms in total. The highest BCUT2D eigenvalue weighted by Crippen LogP contribution is 2.14. The molecule has 0 aliphatic carbocycles. The number of ether oxygens (including phenoxy) is 2. The molecular formula is C23H28N4O3. The van der Waals surface area contributed by atoms with Crippen LogP contribution < -0.4 is 15.7 Å². The Morgan fingerprint density at radius 2 is 1.90 bits per heavy atom. The standard InChI is InChI=1S/C23H28N4O3/c1-16(2)30-15-7-14-27-22(28)20-8-5-6-9-21(20)24-23(27)26-25-17(3)18-10-12-19(29-4)13-11-18/h5-6,8-13,16H,7,14-15H2,1-4H3,(H,24,26)/b25-17-. The van der Waals surface area contributed by atoms with E-state index in [1.165, 1.54) is 0 Å². The number of methoxy groups -OCH3 is 1. The largest absolute Gasteiger partial charge is 0.497 e. The molecule has 1 aromatic heterocycles. The fourth-order valence-electron chi connectivity index (χ4n) is 3.03. The van der Waals surface area contributed by atoms with Crippen molar-refractivity contribution in [1.29, 1.82) is 0 Å². The van der Waals surface area contributed by atoms with Gasteiger partial charge in [-0.3, -0.25) is 9.36 Å². The summed E-state index contributed by atoms with van der Waals surface area (Å²) in [5.74, 6) is 1.20. The smallest absolute Gasteiger partial charge is 0.262 e. The number of rotatable bonds is 9. The molecule has 158 valence electrons. The molecule has 3 rings (SSSR count). The van der Waals surface area contributed by atoms with Crippen LogP contribution in [0.25, 0.3) is 10.9 Å². The SMILES string of the molecule is COc1ccc(/C(C)=N\Nc2nc3ccccc3c(=O)n2CCCOC(C)C)cc1. The van der Waals surface area contributed by atoms with Gasteiger partial charge in [-0.25, -0.2) is 10.4 Å². The Morgan fingerprint density at radius 3 is 2.60 bits per heavy atom. The second kappa shape index (κ2) is 10.0. The van der Waals surface area contributed by atoms with Crippen molar-refractivity contribution < 1.29 is 9.47 Å². The Kier molecular flexibility index (Phi) is 7.19. The van der Waals surface area contributed by atoms with Gasteiger partial charge in [0, 0.05) is 13.2 Å². The van der Waals surface area contributed by atoms with Crippen LogP contribution in [0.1, 0.15) is 32.8 Å². The summed E-state index contributed by atoms with van der Waals surface area (Å²) < 4.78 is 12.4. The number of anilines is 1. The number of hydrogen-bond donors (Lipinski definition) is 1. The first-order chi connectivity index (χ1) is 14.5. The third kappa shape index (κ3) is 5.24. The lowest BCUT2D eigenvalue weighted by molar-refractivity contribution is 0.0748. The van der Waals surface area contributed by atoms with E-state index >= 15 is 0 Å². The van der Waals surface area contributed by atoms with Gasteiger partial charge in [-0.2, -0.15) is 5.10 Å². The van der Waals surface area contributed by atoms with Gasteiger partial charge in [0.15, 0.2) is 0 Å². The minimum atomic E-state index is -0.0926. The molecular weight excluding hydrogens is 380 g/mol. The predicted octanol–water partition coefficient (Wildman–Crippen LogP) is 4.06. The summed E-state index contributed by atoms with van der Waals surface area (Å²) >= 11 is 0. The van der Waals surface area contributed by atoms with Crippen molar-refractivity contribution in [2.45, 2.75) is 39.8 Å². The van der Waals surface area contributed by atoms with Crippen molar-refractivity contribution in [2.24, 2.45) is 5.10 Å². The van der Waals surface area contributed by atoms with Crippen molar-refractivity contribution >= 4 is 22.6 Å². The maximum absolute atomic E-state index is 13.0. The number of nitrogens with one attached hydrogen (secondary N) is 1. The minimum absolute atomic E-state index is 0.0926. The van der Waals surface area contributed by atoms with Crippen LogP contribution in [0.4, 0.5) is 5.95 Å². The van der Waals surface area contributed by atoms with E-state index in [9.17, 15) is 4.79 Å². The van der Waals surface area contributed by atoms with Crippen LogP contribution in [-0.2, 0) is 11.3 Å². The van der Waals surface area contributed by atoms with Gasteiger partial charge >= 0.3 is 0 Å². The molecule has 7 heteroatoms. The first-order valence-corrected chi connectivity index (χ1v) is 10.1. The van der Waals surface area contributed by atoms with Crippen molar-refractivity contribution in [3.05, 3.63) is 64.4 Å². The van der Waals surface area contributed by atoms with Crippen LogP contribution in [-0.4, -0.2) is 35.1 Å². The van der Waals surface area contributed by atoms with Crippen LogP contribution in [0.3, 0.4) is 0 Å². The van der Waals surface area contributed by atoms with E-state index in [-0.39, 0.29) is 11.7 Å². The molecule has 1 N–H and O–H groups in total. The number of aromatic nitrogens is 2. The molecule has 0 bridgehead atoms. The number of hydrazone groups is 1. The van der Waals surface area contributed by atoms with E-state index in [0.717, 1.165) is 17.0 Å². The second-order valence-corrected chi connectivity index (χ2v) is 7.22. The normalized spacial score (nSPS) is 11.8. The van der Waals surface area contributed by atoms with Crippen LogP contribution in [0.2, 0.25) is 0 Å². The van der Waals surface area contributed by atoms with Crippen molar-refractivity contribution in [3.63, 3.8) is 0 Å². The van der Waals surface area contributed by atoms with E-state index < -0.39 is 0 Å². The molecule has 3 aromatic rings. The van der Waals surface area contributed by atoms with Gasteiger partial charge in [0.1, 0.15) is 5.75 Å². The van der Waals surface area contributed by atoms with Gasteiger partial charge in [-0.15, -0.1) is 0 Å². The Morgan fingerprint density at radius 1 is 1.17 bits per heavy atom. The molecule has 2 aromatic carbocycles. The van der Waals surface area contributed by atoms with E-state index in [1.54, 1.807) is 17.7 Å². The first-order valence-electron chi connectivity index (χ1n) is 10.1. The lowest BCUT2D eigenvalue weighted by Gasteiger charge is -2.14. The molecule has 0 unspecified atom stereocenters. The van der Waals surface area contributed by atoms with E-state index in [1.807, 2.05) is 63.2 Å². The monoisotopic (exact) mass is 408 g/mol. The molecule has 0 radical (unpaired) electrons. The number of nitrogens with zero attached hydrogens (tertiary/aromatic N) is 3. The number of hydrogen-bond acceptors (Lipinski definition) is 6. The summed E-state index contributed by atoms with van der Waals surface area (Å²) in [4.78, 5) is 17.7. The summed E-state index contributed by atoms with van der Waals surface area (Å²) in [5.41, 5.74) is 5.25. The van der Waals surface area contributed by atoms with Crippen LogP contribution >= 0.6 is 0 Å². The van der Waals surface area contributed by atoms with E-state index in [4.69, 9.17) is 9.47 Å². The van der Waals surface area contributed by atoms with Gasteiger partial charge < -0.3 is 9.47 Å².